The third-order valence-corrected chi connectivity index (χ3v) is 4.35. The van der Waals surface area contributed by atoms with Gasteiger partial charge in [-0.05, 0) is 30.2 Å². The van der Waals surface area contributed by atoms with Gasteiger partial charge in [0.2, 0.25) is 5.91 Å². The number of carbonyl (C=O) groups is 1. The van der Waals surface area contributed by atoms with Crippen molar-refractivity contribution in [3.05, 3.63) is 70.2 Å². The van der Waals surface area contributed by atoms with Gasteiger partial charge in [0.15, 0.2) is 0 Å². The van der Waals surface area contributed by atoms with E-state index in [0.29, 0.717) is 18.1 Å². The largest absolute Gasteiger partial charge is 0.352 e. The first-order valence-electron chi connectivity index (χ1n) is 7.70. The van der Waals surface area contributed by atoms with Crippen LogP contribution >= 0.6 is 11.6 Å². The average Bonchev–Trinajstić information content (AvgIpc) is 3.03. The molecule has 0 bridgehead atoms. The Bertz CT molecular complexity index is 687. The topological polar surface area (TPSA) is 53.2 Å². The summed E-state index contributed by atoms with van der Waals surface area (Å²) in [5.74, 6) is -0.107. The zero-order chi connectivity index (χ0) is 16.2. The predicted octanol–water partition coefficient (Wildman–Crippen LogP) is 2.73. The predicted molar refractivity (Wildman–Crippen MR) is 91.8 cm³/mol. The van der Waals surface area contributed by atoms with Crippen LogP contribution in [0.25, 0.3) is 0 Å². The van der Waals surface area contributed by atoms with Gasteiger partial charge in [-0.2, -0.15) is 0 Å². The Morgan fingerprint density at radius 1 is 1.26 bits per heavy atom. The first-order chi connectivity index (χ1) is 11.1. The van der Waals surface area contributed by atoms with E-state index in [1.54, 1.807) is 0 Å². The van der Waals surface area contributed by atoms with Crippen molar-refractivity contribution in [1.29, 1.82) is 0 Å². The maximum absolute atomic E-state index is 12.5. The normalized spacial score (nSPS) is 20.4. The summed E-state index contributed by atoms with van der Waals surface area (Å²) < 4.78 is 0. The molecular formula is C18H20ClN3O. The zero-order valence-corrected chi connectivity index (χ0v) is 13.7. The van der Waals surface area contributed by atoms with E-state index in [2.05, 4.69) is 22.2 Å². The molecule has 3 rings (SSSR count). The molecule has 2 unspecified atom stereocenters. The minimum atomic E-state index is -0.152. The smallest absolute Gasteiger partial charge is 0.226 e. The lowest BCUT2D eigenvalue weighted by Gasteiger charge is -2.18. The van der Waals surface area contributed by atoms with Gasteiger partial charge in [-0.1, -0.05) is 53.6 Å². The number of halogens is 1. The first-order valence-corrected chi connectivity index (χ1v) is 8.08. The Morgan fingerprint density at radius 3 is 2.78 bits per heavy atom. The summed E-state index contributed by atoms with van der Waals surface area (Å²) in [5, 5.41) is 3.73. The van der Waals surface area contributed by atoms with E-state index in [4.69, 9.17) is 11.6 Å². The van der Waals surface area contributed by atoms with Crippen LogP contribution in [0.3, 0.4) is 0 Å². The standard InChI is InChI=1S/C18H20ClN3O/c1-12-3-2-4-13(9-12)10-20-18(23)16-11-21-22-17(16)14-5-7-15(19)8-6-14/h2-9,16-17,21-22H,10-11H2,1H3,(H,20,23). The SMILES string of the molecule is Cc1cccc(CNC(=O)C2CNNC2c2ccc(Cl)cc2)c1. The number of aryl methyl sites for hydroxylation is 1. The quantitative estimate of drug-likeness (QED) is 0.808. The Balaban J connectivity index is 1.65. The van der Waals surface area contributed by atoms with Gasteiger partial charge < -0.3 is 5.32 Å². The van der Waals surface area contributed by atoms with Crippen molar-refractivity contribution in [3.8, 4) is 0 Å². The maximum atomic E-state index is 12.5. The molecular weight excluding hydrogens is 310 g/mol. The van der Waals surface area contributed by atoms with Gasteiger partial charge in [0.1, 0.15) is 0 Å². The van der Waals surface area contributed by atoms with E-state index in [1.807, 2.05) is 49.4 Å². The van der Waals surface area contributed by atoms with Crippen molar-refractivity contribution in [2.24, 2.45) is 5.92 Å². The molecule has 4 nitrogen and oxygen atoms in total. The number of hydrogen-bond donors (Lipinski definition) is 3. The molecule has 0 aromatic heterocycles. The van der Waals surface area contributed by atoms with Crippen LogP contribution in [-0.4, -0.2) is 12.5 Å². The highest BCUT2D eigenvalue weighted by Crippen LogP contribution is 2.26. The highest BCUT2D eigenvalue weighted by Gasteiger charge is 2.33. The lowest BCUT2D eigenvalue weighted by molar-refractivity contribution is -0.125. The van der Waals surface area contributed by atoms with E-state index in [9.17, 15) is 4.79 Å². The molecule has 2 atom stereocenters. The molecule has 1 amide bonds. The molecule has 1 aliphatic heterocycles. The van der Waals surface area contributed by atoms with Gasteiger partial charge in [-0.15, -0.1) is 0 Å². The molecule has 1 saturated heterocycles. The van der Waals surface area contributed by atoms with E-state index in [0.717, 1.165) is 11.1 Å². The fraction of sp³-hybridized carbons (Fsp3) is 0.278. The van der Waals surface area contributed by atoms with Crippen LogP contribution in [0.1, 0.15) is 22.7 Å². The van der Waals surface area contributed by atoms with Gasteiger partial charge in [0, 0.05) is 18.1 Å². The minimum Gasteiger partial charge on any atom is -0.352 e. The van der Waals surface area contributed by atoms with Crippen LogP contribution in [0.5, 0.6) is 0 Å². The summed E-state index contributed by atoms with van der Waals surface area (Å²) in [4.78, 5) is 12.5. The fourth-order valence-corrected chi connectivity index (χ4v) is 3.00. The van der Waals surface area contributed by atoms with E-state index >= 15 is 0 Å². The van der Waals surface area contributed by atoms with Crippen LogP contribution in [-0.2, 0) is 11.3 Å². The molecule has 3 N–H and O–H groups in total. The van der Waals surface area contributed by atoms with Crippen molar-refractivity contribution in [1.82, 2.24) is 16.2 Å². The van der Waals surface area contributed by atoms with Crippen LogP contribution in [0.2, 0.25) is 5.02 Å². The molecule has 1 heterocycles. The van der Waals surface area contributed by atoms with Crippen LogP contribution in [0.15, 0.2) is 48.5 Å². The Hall–Kier alpha value is -1.88. The summed E-state index contributed by atoms with van der Waals surface area (Å²) in [5.41, 5.74) is 9.61. The van der Waals surface area contributed by atoms with Crippen LogP contribution in [0.4, 0.5) is 0 Å². The van der Waals surface area contributed by atoms with Crippen molar-refractivity contribution in [2.45, 2.75) is 19.5 Å². The zero-order valence-electron chi connectivity index (χ0n) is 13.0. The molecule has 0 aliphatic carbocycles. The average molecular weight is 330 g/mol. The van der Waals surface area contributed by atoms with Crippen molar-refractivity contribution < 1.29 is 4.79 Å². The second-order valence-corrected chi connectivity index (χ2v) is 6.30. The van der Waals surface area contributed by atoms with E-state index in [-0.39, 0.29) is 17.9 Å². The Morgan fingerprint density at radius 2 is 2.04 bits per heavy atom. The maximum Gasteiger partial charge on any atom is 0.226 e. The van der Waals surface area contributed by atoms with Gasteiger partial charge >= 0.3 is 0 Å². The minimum absolute atomic E-state index is 0.0453. The Kier molecular flexibility index (Phi) is 4.96. The van der Waals surface area contributed by atoms with Gasteiger partial charge in [-0.25, -0.2) is 5.43 Å². The summed E-state index contributed by atoms with van der Waals surface area (Å²) in [6.45, 7) is 3.20. The number of carbonyl (C=O) groups excluding carboxylic acids is 1. The summed E-state index contributed by atoms with van der Waals surface area (Å²) in [6, 6.07) is 15.7. The molecule has 5 heteroatoms. The molecule has 0 spiro atoms. The van der Waals surface area contributed by atoms with Crippen LogP contribution < -0.4 is 16.2 Å². The highest BCUT2D eigenvalue weighted by molar-refractivity contribution is 6.30. The van der Waals surface area contributed by atoms with Gasteiger partial charge in [0.05, 0.1) is 12.0 Å². The molecule has 2 aromatic rings. The second-order valence-electron chi connectivity index (χ2n) is 5.87. The summed E-state index contributed by atoms with van der Waals surface area (Å²) >= 11 is 5.93. The number of amides is 1. The molecule has 1 aliphatic rings. The third kappa shape index (κ3) is 3.91. The lowest BCUT2D eigenvalue weighted by Crippen LogP contribution is -2.34. The lowest BCUT2D eigenvalue weighted by atomic mass is 9.94. The molecule has 0 saturated carbocycles. The van der Waals surface area contributed by atoms with Crippen molar-refractivity contribution in [2.75, 3.05) is 6.54 Å². The van der Waals surface area contributed by atoms with E-state index in [1.165, 1.54) is 5.56 Å². The highest BCUT2D eigenvalue weighted by atomic mass is 35.5. The number of hydrogen-bond acceptors (Lipinski definition) is 3. The third-order valence-electron chi connectivity index (χ3n) is 4.10. The second kappa shape index (κ2) is 7.13. The summed E-state index contributed by atoms with van der Waals surface area (Å²) in [6.07, 6.45) is 0. The molecule has 2 aromatic carbocycles. The van der Waals surface area contributed by atoms with E-state index < -0.39 is 0 Å². The molecule has 23 heavy (non-hydrogen) atoms. The molecule has 1 fully saturated rings. The molecule has 120 valence electrons. The van der Waals surface area contributed by atoms with Gasteiger partial charge in [0.25, 0.3) is 0 Å². The molecule has 0 radical (unpaired) electrons. The fourth-order valence-electron chi connectivity index (χ4n) is 2.87. The van der Waals surface area contributed by atoms with Crippen molar-refractivity contribution >= 4 is 17.5 Å². The number of rotatable bonds is 4. The van der Waals surface area contributed by atoms with Crippen LogP contribution in [0, 0.1) is 12.8 Å². The Labute approximate surface area is 141 Å². The summed E-state index contributed by atoms with van der Waals surface area (Å²) in [7, 11) is 0. The van der Waals surface area contributed by atoms with Crippen molar-refractivity contribution in [3.63, 3.8) is 0 Å². The van der Waals surface area contributed by atoms with Gasteiger partial charge in [-0.3, -0.25) is 10.2 Å². The monoisotopic (exact) mass is 329 g/mol. The number of hydrazine groups is 1. The number of benzene rings is 2. The first kappa shape index (κ1) is 16.0. The number of nitrogens with one attached hydrogen (secondary N) is 3.